The van der Waals surface area contributed by atoms with Crippen LogP contribution in [-0.4, -0.2) is 48.7 Å². The van der Waals surface area contributed by atoms with Crippen LogP contribution >= 0.6 is 0 Å². The standard InChI is InChI=1S/C34H34N4O5S/c1-2-27-20-34(27,33(40)37-44(41,42)29-12-8-11-28(19-29)43-23-24-9-4-3-5-10-24)36-32(39)26-16-18-38(22-26)21-25-15-17-35-31-14-7-6-13-30(25)31/h2-15,17,19,26-27H,1,16,18,20-23H2,(H,36,39)(H,37,40)/t26-,27+,34+/m0/s1. The maximum atomic E-state index is 13.5. The van der Waals surface area contributed by atoms with E-state index in [9.17, 15) is 18.0 Å². The lowest BCUT2D eigenvalue weighted by atomic mass is 10.1. The molecule has 2 amide bonds. The number of rotatable bonds is 11. The van der Waals surface area contributed by atoms with Crippen LogP contribution in [0.25, 0.3) is 10.9 Å². The summed E-state index contributed by atoms with van der Waals surface area (Å²) in [6, 6.07) is 25.5. The van der Waals surface area contributed by atoms with Gasteiger partial charge in [-0.3, -0.25) is 19.5 Å². The second-order valence-electron chi connectivity index (χ2n) is 11.4. The molecule has 1 saturated heterocycles. The number of benzene rings is 3. The molecule has 226 valence electrons. The van der Waals surface area contributed by atoms with Crippen molar-refractivity contribution in [3.05, 3.63) is 115 Å². The van der Waals surface area contributed by atoms with Crippen molar-refractivity contribution in [1.82, 2.24) is 19.9 Å². The lowest BCUT2D eigenvalue weighted by Crippen LogP contribution is -2.53. The fraction of sp³-hybridized carbons (Fsp3) is 0.265. The first-order chi connectivity index (χ1) is 21.3. The van der Waals surface area contributed by atoms with Crippen LogP contribution in [0.3, 0.4) is 0 Å². The fourth-order valence-corrected chi connectivity index (χ4v) is 6.90. The maximum Gasteiger partial charge on any atom is 0.264 e. The first-order valence-corrected chi connectivity index (χ1v) is 16.1. The first kappa shape index (κ1) is 29.5. The Morgan fingerprint density at radius 2 is 1.84 bits per heavy atom. The summed E-state index contributed by atoms with van der Waals surface area (Å²) in [7, 11) is -4.23. The van der Waals surface area contributed by atoms with E-state index in [2.05, 4.69) is 26.5 Å². The van der Waals surface area contributed by atoms with Gasteiger partial charge in [0.15, 0.2) is 0 Å². The molecule has 1 aliphatic heterocycles. The molecule has 2 fully saturated rings. The van der Waals surface area contributed by atoms with Gasteiger partial charge >= 0.3 is 0 Å². The van der Waals surface area contributed by atoms with Gasteiger partial charge in [-0.1, -0.05) is 60.7 Å². The van der Waals surface area contributed by atoms with E-state index in [0.717, 1.165) is 28.6 Å². The zero-order chi connectivity index (χ0) is 30.7. The molecule has 4 aromatic rings. The van der Waals surface area contributed by atoms with Crippen LogP contribution in [0.1, 0.15) is 24.0 Å². The van der Waals surface area contributed by atoms with E-state index in [1.807, 2.05) is 60.7 Å². The van der Waals surface area contributed by atoms with Crippen molar-refractivity contribution in [2.24, 2.45) is 11.8 Å². The highest BCUT2D eigenvalue weighted by atomic mass is 32.2. The maximum absolute atomic E-state index is 13.5. The van der Waals surface area contributed by atoms with E-state index in [4.69, 9.17) is 4.74 Å². The molecule has 2 aliphatic rings. The number of aromatic nitrogens is 1. The van der Waals surface area contributed by atoms with Gasteiger partial charge in [0.2, 0.25) is 5.91 Å². The van der Waals surface area contributed by atoms with Crippen molar-refractivity contribution < 1.29 is 22.7 Å². The number of hydrogen-bond donors (Lipinski definition) is 2. The minimum Gasteiger partial charge on any atom is -0.489 e. The summed E-state index contributed by atoms with van der Waals surface area (Å²) in [5, 5.41) is 3.98. The summed E-state index contributed by atoms with van der Waals surface area (Å²) >= 11 is 0. The Kier molecular flexibility index (Phi) is 8.20. The molecule has 0 spiro atoms. The molecular weight excluding hydrogens is 576 g/mol. The normalized spacial score (nSPS) is 21.5. The minimum absolute atomic E-state index is 0.108. The molecule has 1 saturated carbocycles. The smallest absolute Gasteiger partial charge is 0.264 e. The third-order valence-electron chi connectivity index (χ3n) is 8.42. The molecule has 0 unspecified atom stereocenters. The predicted octanol–water partition coefficient (Wildman–Crippen LogP) is 4.20. The fourth-order valence-electron chi connectivity index (χ4n) is 5.82. The van der Waals surface area contributed by atoms with Crippen molar-refractivity contribution in [2.75, 3.05) is 13.1 Å². The highest BCUT2D eigenvalue weighted by Crippen LogP contribution is 2.45. The highest BCUT2D eigenvalue weighted by Gasteiger charge is 2.61. The molecule has 0 bridgehead atoms. The summed E-state index contributed by atoms with van der Waals surface area (Å²) in [4.78, 5) is 33.4. The van der Waals surface area contributed by atoms with Gasteiger partial charge in [-0.2, -0.15) is 0 Å². The van der Waals surface area contributed by atoms with E-state index in [1.165, 1.54) is 12.1 Å². The largest absolute Gasteiger partial charge is 0.489 e. The van der Waals surface area contributed by atoms with E-state index in [-0.39, 0.29) is 35.7 Å². The van der Waals surface area contributed by atoms with Crippen molar-refractivity contribution in [1.29, 1.82) is 0 Å². The molecule has 6 rings (SSSR count). The number of sulfonamides is 1. The molecule has 2 N–H and O–H groups in total. The zero-order valence-corrected chi connectivity index (χ0v) is 25.0. The molecule has 9 nitrogen and oxygen atoms in total. The highest BCUT2D eigenvalue weighted by molar-refractivity contribution is 7.90. The number of para-hydroxylation sites is 1. The zero-order valence-electron chi connectivity index (χ0n) is 24.2. The molecule has 1 aliphatic carbocycles. The topological polar surface area (TPSA) is 118 Å². The van der Waals surface area contributed by atoms with Crippen molar-refractivity contribution in [2.45, 2.75) is 36.4 Å². The number of likely N-dealkylation sites (tertiary alicyclic amines) is 1. The van der Waals surface area contributed by atoms with Crippen LogP contribution in [0.15, 0.2) is 109 Å². The Bertz CT molecular complexity index is 1810. The van der Waals surface area contributed by atoms with Gasteiger partial charge in [0.25, 0.3) is 15.9 Å². The average molecular weight is 611 g/mol. The van der Waals surface area contributed by atoms with Crippen LogP contribution in [0.2, 0.25) is 0 Å². The SMILES string of the molecule is C=C[C@@H]1C[C@]1(NC(=O)[C@H]1CCN(Cc2ccnc3ccccc23)C1)C(=O)NS(=O)(=O)c1cccc(OCc2ccccc2)c1. The van der Waals surface area contributed by atoms with Crippen LogP contribution in [0.4, 0.5) is 0 Å². The molecule has 2 heterocycles. The summed E-state index contributed by atoms with van der Waals surface area (Å²) < 4.78 is 34.5. The quantitative estimate of drug-likeness (QED) is 0.245. The van der Waals surface area contributed by atoms with Crippen LogP contribution in [-0.2, 0) is 32.8 Å². The van der Waals surface area contributed by atoms with Gasteiger partial charge in [-0.15, -0.1) is 6.58 Å². The van der Waals surface area contributed by atoms with Gasteiger partial charge in [-0.05, 0) is 54.8 Å². The predicted molar refractivity (Wildman–Crippen MR) is 167 cm³/mol. The van der Waals surface area contributed by atoms with Gasteiger partial charge in [-0.25, -0.2) is 13.1 Å². The number of pyridine rings is 1. The number of hydrogen-bond acceptors (Lipinski definition) is 7. The summed E-state index contributed by atoms with van der Waals surface area (Å²) in [6.07, 6.45) is 4.30. The second-order valence-corrected chi connectivity index (χ2v) is 13.1. The Balaban J connectivity index is 1.09. The molecular formula is C34H34N4O5S. The lowest BCUT2D eigenvalue weighted by Gasteiger charge is -2.21. The minimum atomic E-state index is -4.23. The van der Waals surface area contributed by atoms with Crippen LogP contribution < -0.4 is 14.8 Å². The average Bonchev–Trinajstić information content (AvgIpc) is 3.56. The number of carbonyl (C=O) groups is 2. The first-order valence-electron chi connectivity index (χ1n) is 14.6. The van der Waals surface area contributed by atoms with E-state index in [1.54, 1.807) is 24.4 Å². The Morgan fingerprint density at radius 1 is 1.05 bits per heavy atom. The van der Waals surface area contributed by atoms with Crippen molar-refractivity contribution in [3.8, 4) is 5.75 Å². The number of carbonyl (C=O) groups excluding carboxylic acids is 2. The van der Waals surface area contributed by atoms with Gasteiger partial charge in [0.05, 0.1) is 16.3 Å². The van der Waals surface area contributed by atoms with Crippen LogP contribution in [0.5, 0.6) is 5.75 Å². The number of nitrogens with zero attached hydrogens (tertiary/aromatic N) is 2. The van der Waals surface area contributed by atoms with Crippen molar-refractivity contribution in [3.63, 3.8) is 0 Å². The summed E-state index contributed by atoms with van der Waals surface area (Å²) in [5.74, 6) is -1.38. The Hall–Kier alpha value is -4.54. The van der Waals surface area contributed by atoms with E-state index in [0.29, 0.717) is 25.3 Å². The van der Waals surface area contributed by atoms with Crippen molar-refractivity contribution >= 4 is 32.7 Å². The lowest BCUT2D eigenvalue weighted by molar-refractivity contribution is -0.131. The molecule has 1 aromatic heterocycles. The molecule has 3 aromatic carbocycles. The number of nitrogens with one attached hydrogen (secondary N) is 2. The second kappa shape index (κ2) is 12.2. The molecule has 0 radical (unpaired) electrons. The monoisotopic (exact) mass is 610 g/mol. The number of ether oxygens (including phenoxy) is 1. The van der Waals surface area contributed by atoms with Gasteiger partial charge in [0, 0.05) is 36.7 Å². The van der Waals surface area contributed by atoms with Gasteiger partial charge < -0.3 is 10.1 Å². The molecule has 10 heteroatoms. The van der Waals surface area contributed by atoms with E-state index >= 15 is 0 Å². The third-order valence-corrected chi connectivity index (χ3v) is 9.75. The number of amides is 2. The summed E-state index contributed by atoms with van der Waals surface area (Å²) in [6.45, 7) is 6.01. The molecule has 3 atom stereocenters. The Labute approximate surface area is 257 Å². The Morgan fingerprint density at radius 3 is 2.64 bits per heavy atom. The van der Waals surface area contributed by atoms with E-state index < -0.39 is 21.5 Å². The summed E-state index contributed by atoms with van der Waals surface area (Å²) in [5.41, 5.74) is 1.65. The van der Waals surface area contributed by atoms with Crippen LogP contribution in [0, 0.1) is 11.8 Å². The third kappa shape index (κ3) is 6.22. The number of fused-ring (bicyclic) bond motifs is 1. The van der Waals surface area contributed by atoms with Gasteiger partial charge in [0.1, 0.15) is 17.9 Å². The molecule has 44 heavy (non-hydrogen) atoms.